The third kappa shape index (κ3) is 5.05. The summed E-state index contributed by atoms with van der Waals surface area (Å²) in [7, 11) is 3.41. The Morgan fingerprint density at radius 3 is 2.41 bits per heavy atom. The van der Waals surface area contributed by atoms with Gasteiger partial charge in [0.15, 0.2) is 0 Å². The number of para-hydroxylation sites is 1. The fraction of sp³-hybridized carbons (Fsp3) is 0.381. The highest BCUT2D eigenvalue weighted by Gasteiger charge is 2.21. The molecular formula is C21H26FN3O2. The van der Waals surface area contributed by atoms with Gasteiger partial charge in [-0.1, -0.05) is 18.2 Å². The van der Waals surface area contributed by atoms with Gasteiger partial charge in [0.2, 0.25) is 5.91 Å². The van der Waals surface area contributed by atoms with Crippen LogP contribution in [0, 0.1) is 5.82 Å². The topological polar surface area (TPSA) is 36.0 Å². The Morgan fingerprint density at radius 1 is 1.07 bits per heavy atom. The van der Waals surface area contributed by atoms with Crippen LogP contribution < -0.4 is 9.64 Å². The maximum Gasteiger partial charge on any atom is 0.240 e. The molecule has 6 heteroatoms. The number of benzene rings is 2. The zero-order chi connectivity index (χ0) is 19.2. The summed E-state index contributed by atoms with van der Waals surface area (Å²) in [5, 5.41) is 0. The minimum Gasteiger partial charge on any atom is -0.496 e. The van der Waals surface area contributed by atoms with Gasteiger partial charge < -0.3 is 9.64 Å². The van der Waals surface area contributed by atoms with Gasteiger partial charge in [-0.2, -0.15) is 0 Å². The van der Waals surface area contributed by atoms with E-state index in [1.807, 2.05) is 37.4 Å². The van der Waals surface area contributed by atoms with Crippen molar-refractivity contribution in [2.75, 3.05) is 51.8 Å². The highest BCUT2D eigenvalue weighted by molar-refractivity contribution is 5.94. The van der Waals surface area contributed by atoms with Crippen LogP contribution in [0.2, 0.25) is 0 Å². The summed E-state index contributed by atoms with van der Waals surface area (Å²) in [5.41, 5.74) is 1.75. The number of ether oxygens (including phenoxy) is 1. The molecule has 5 nitrogen and oxygen atoms in total. The minimum absolute atomic E-state index is 0.0847. The van der Waals surface area contributed by atoms with Crippen molar-refractivity contribution in [2.24, 2.45) is 0 Å². The van der Waals surface area contributed by atoms with E-state index in [4.69, 9.17) is 4.74 Å². The Kier molecular flexibility index (Phi) is 6.42. The molecule has 1 fully saturated rings. The first-order chi connectivity index (χ1) is 13.1. The van der Waals surface area contributed by atoms with E-state index in [-0.39, 0.29) is 11.7 Å². The molecule has 1 heterocycles. The Balaban J connectivity index is 1.50. The van der Waals surface area contributed by atoms with E-state index < -0.39 is 0 Å². The first-order valence-electron chi connectivity index (χ1n) is 9.15. The maximum absolute atomic E-state index is 13.5. The lowest BCUT2D eigenvalue weighted by Crippen LogP contribution is -2.49. The molecule has 1 aliphatic heterocycles. The van der Waals surface area contributed by atoms with Crippen molar-refractivity contribution in [3.05, 3.63) is 59.9 Å². The summed E-state index contributed by atoms with van der Waals surface area (Å²) in [4.78, 5) is 18.6. The lowest BCUT2D eigenvalue weighted by molar-refractivity contribution is -0.119. The average molecular weight is 371 g/mol. The largest absolute Gasteiger partial charge is 0.496 e. The molecule has 0 atom stereocenters. The molecule has 0 aromatic heterocycles. The molecule has 0 aliphatic carbocycles. The summed E-state index contributed by atoms with van der Waals surface area (Å²) in [6, 6.07) is 14.3. The van der Waals surface area contributed by atoms with Gasteiger partial charge in [-0.15, -0.1) is 0 Å². The Hall–Kier alpha value is -2.44. The summed E-state index contributed by atoms with van der Waals surface area (Å²) in [5.74, 6) is 0.541. The van der Waals surface area contributed by atoms with Crippen molar-refractivity contribution < 1.29 is 13.9 Å². The summed E-state index contributed by atoms with van der Waals surface area (Å²) >= 11 is 0. The van der Waals surface area contributed by atoms with Crippen LogP contribution in [-0.2, 0) is 11.3 Å². The third-order valence-corrected chi connectivity index (χ3v) is 4.98. The van der Waals surface area contributed by atoms with Crippen molar-refractivity contribution >= 4 is 11.6 Å². The molecule has 0 radical (unpaired) electrons. The Labute approximate surface area is 159 Å². The van der Waals surface area contributed by atoms with Crippen LogP contribution in [0.15, 0.2) is 48.5 Å². The van der Waals surface area contributed by atoms with Gasteiger partial charge in [0.1, 0.15) is 11.6 Å². The van der Waals surface area contributed by atoms with Crippen LogP contribution in [0.5, 0.6) is 5.75 Å². The lowest BCUT2D eigenvalue weighted by atomic mass is 10.1. The molecule has 0 N–H and O–H groups in total. The molecule has 2 aromatic rings. The van der Waals surface area contributed by atoms with Gasteiger partial charge in [0.25, 0.3) is 0 Å². The van der Waals surface area contributed by atoms with Crippen LogP contribution in [0.1, 0.15) is 5.56 Å². The van der Waals surface area contributed by atoms with Crippen LogP contribution in [0.4, 0.5) is 10.1 Å². The fourth-order valence-corrected chi connectivity index (χ4v) is 3.31. The van der Waals surface area contributed by atoms with Crippen molar-refractivity contribution in [1.29, 1.82) is 0 Å². The van der Waals surface area contributed by atoms with E-state index in [0.29, 0.717) is 18.8 Å². The predicted molar refractivity (Wildman–Crippen MR) is 105 cm³/mol. The molecule has 0 spiro atoms. The number of carbonyl (C=O) groups is 1. The number of rotatable bonds is 6. The van der Waals surface area contributed by atoms with Gasteiger partial charge in [0.05, 0.1) is 13.7 Å². The number of amides is 1. The van der Waals surface area contributed by atoms with E-state index >= 15 is 0 Å². The van der Waals surface area contributed by atoms with Crippen molar-refractivity contribution in [3.8, 4) is 5.75 Å². The molecule has 0 bridgehead atoms. The summed E-state index contributed by atoms with van der Waals surface area (Å²) in [6.45, 7) is 4.34. The molecule has 2 aromatic carbocycles. The van der Waals surface area contributed by atoms with Gasteiger partial charge in [-0.3, -0.25) is 14.6 Å². The fourth-order valence-electron chi connectivity index (χ4n) is 3.31. The smallest absolute Gasteiger partial charge is 0.240 e. The number of halogens is 1. The molecule has 144 valence electrons. The van der Waals surface area contributed by atoms with Crippen LogP contribution in [0.25, 0.3) is 0 Å². The molecule has 0 unspecified atom stereocenters. The number of methoxy groups -OCH3 is 1. The van der Waals surface area contributed by atoms with Crippen LogP contribution >= 0.6 is 0 Å². The second kappa shape index (κ2) is 8.97. The molecule has 1 saturated heterocycles. The van der Waals surface area contributed by atoms with Gasteiger partial charge in [-0.25, -0.2) is 4.39 Å². The lowest BCUT2D eigenvalue weighted by Gasteiger charge is -2.35. The number of hydrogen-bond acceptors (Lipinski definition) is 4. The van der Waals surface area contributed by atoms with E-state index in [9.17, 15) is 9.18 Å². The van der Waals surface area contributed by atoms with Crippen molar-refractivity contribution in [1.82, 2.24) is 9.80 Å². The summed E-state index contributed by atoms with van der Waals surface area (Å²) < 4.78 is 18.9. The highest BCUT2D eigenvalue weighted by Crippen LogP contribution is 2.21. The van der Waals surface area contributed by atoms with E-state index in [0.717, 1.165) is 37.4 Å². The standard InChI is InChI=1S/C21H26FN3O2/c1-23(19-6-4-3-5-7-19)21(26)16-25-12-10-24(11-13-25)15-17-14-18(22)8-9-20(17)27-2/h3-9,14H,10-13,15-16H2,1-2H3. The Bertz CT molecular complexity index is 761. The molecule has 27 heavy (non-hydrogen) atoms. The average Bonchev–Trinajstić information content (AvgIpc) is 2.70. The van der Waals surface area contributed by atoms with E-state index in [2.05, 4.69) is 9.80 Å². The normalized spacial score (nSPS) is 15.5. The first kappa shape index (κ1) is 19.3. The van der Waals surface area contributed by atoms with Gasteiger partial charge in [-0.05, 0) is 30.3 Å². The maximum atomic E-state index is 13.5. The molecule has 1 aliphatic rings. The monoisotopic (exact) mass is 371 g/mol. The zero-order valence-electron chi connectivity index (χ0n) is 15.9. The van der Waals surface area contributed by atoms with Crippen LogP contribution in [-0.4, -0.2) is 62.6 Å². The molecule has 0 saturated carbocycles. The SMILES string of the molecule is COc1ccc(F)cc1CN1CCN(CC(=O)N(C)c2ccccc2)CC1. The first-order valence-corrected chi connectivity index (χ1v) is 9.15. The summed E-state index contributed by atoms with van der Waals surface area (Å²) in [6.07, 6.45) is 0. The number of hydrogen-bond donors (Lipinski definition) is 0. The number of nitrogens with zero attached hydrogens (tertiary/aromatic N) is 3. The molecule has 3 rings (SSSR count). The van der Waals surface area contributed by atoms with Crippen molar-refractivity contribution in [2.45, 2.75) is 6.54 Å². The number of likely N-dealkylation sites (N-methyl/N-ethyl adjacent to an activating group) is 1. The Morgan fingerprint density at radius 2 is 1.74 bits per heavy atom. The van der Waals surface area contributed by atoms with Gasteiger partial charge in [0, 0.05) is 51.0 Å². The number of carbonyl (C=O) groups excluding carboxylic acids is 1. The zero-order valence-corrected chi connectivity index (χ0v) is 15.9. The van der Waals surface area contributed by atoms with E-state index in [1.54, 1.807) is 18.1 Å². The van der Waals surface area contributed by atoms with E-state index in [1.165, 1.54) is 12.1 Å². The molecule has 1 amide bonds. The van der Waals surface area contributed by atoms with Gasteiger partial charge >= 0.3 is 0 Å². The highest BCUT2D eigenvalue weighted by atomic mass is 19.1. The quantitative estimate of drug-likeness (QED) is 0.782. The predicted octanol–water partition coefficient (Wildman–Crippen LogP) is 2.61. The van der Waals surface area contributed by atoms with Crippen molar-refractivity contribution in [3.63, 3.8) is 0 Å². The third-order valence-electron chi connectivity index (χ3n) is 4.98. The molecular weight excluding hydrogens is 345 g/mol. The minimum atomic E-state index is -0.251. The number of piperazine rings is 1. The second-order valence-electron chi connectivity index (χ2n) is 6.80. The second-order valence-corrected chi connectivity index (χ2v) is 6.80. The number of anilines is 1. The van der Waals surface area contributed by atoms with Crippen LogP contribution in [0.3, 0.4) is 0 Å².